The fourth-order valence-electron chi connectivity index (χ4n) is 4.32. The Hall–Kier alpha value is -2.05. The van der Waals surface area contributed by atoms with Gasteiger partial charge in [0.05, 0.1) is 40.1 Å². The summed E-state index contributed by atoms with van der Waals surface area (Å²) in [4.78, 5) is 9.56. The molecule has 1 atom stereocenters. The minimum Gasteiger partial charge on any atom is -0.399 e. The molecule has 0 radical (unpaired) electrons. The summed E-state index contributed by atoms with van der Waals surface area (Å²) in [5.41, 5.74) is -1.88. The molecule has 5 nitrogen and oxygen atoms in total. The van der Waals surface area contributed by atoms with Crippen LogP contribution in [0.4, 0.5) is 26.3 Å². The Morgan fingerprint density at radius 2 is 1.54 bits per heavy atom. The third kappa shape index (κ3) is 9.24. The van der Waals surface area contributed by atoms with E-state index in [9.17, 15) is 26.3 Å². The third-order valence-electron chi connectivity index (χ3n) is 6.45. The standard InChI is InChI=1S/C26H29Cl2F6N3O2/c1-36-7-9-37(10-8-36)6-5-21(18-3-4-22(27)23(28)13-18)24(35-38-2)16-39-15-17-11-19(25(29,30)31)14-20(12-17)26(32,33)34/h3-4,11-14,21H,5-10,15-16H2,1-2H3/b35-24+. The van der Waals surface area contributed by atoms with Gasteiger partial charge in [-0.1, -0.05) is 34.4 Å². The highest BCUT2D eigenvalue weighted by molar-refractivity contribution is 6.42. The molecule has 13 heteroatoms. The Kier molecular flexibility index (Phi) is 10.9. The molecule has 2 aromatic rings. The molecule has 0 bridgehead atoms. The van der Waals surface area contributed by atoms with Crippen LogP contribution in [0.3, 0.4) is 0 Å². The van der Waals surface area contributed by atoms with Gasteiger partial charge in [0.2, 0.25) is 0 Å². The van der Waals surface area contributed by atoms with Crippen LogP contribution in [0.15, 0.2) is 41.6 Å². The van der Waals surface area contributed by atoms with Gasteiger partial charge in [-0.15, -0.1) is 0 Å². The van der Waals surface area contributed by atoms with Crippen LogP contribution in [0.1, 0.15) is 34.6 Å². The second kappa shape index (κ2) is 13.5. The summed E-state index contributed by atoms with van der Waals surface area (Å²) in [6.45, 7) is 3.64. The molecule has 1 fully saturated rings. The second-order valence-electron chi connectivity index (χ2n) is 9.33. The minimum absolute atomic E-state index is 0.0833. The maximum atomic E-state index is 13.2. The van der Waals surface area contributed by atoms with Gasteiger partial charge in [-0.3, -0.25) is 0 Å². The summed E-state index contributed by atoms with van der Waals surface area (Å²) in [5.74, 6) is -0.355. The SMILES string of the molecule is CO/N=C(\COCc1cc(C(F)(F)F)cc(C(F)(F)F)c1)C(CCN1CCN(C)CC1)c1ccc(Cl)c(Cl)c1. The van der Waals surface area contributed by atoms with Crippen molar-refractivity contribution in [3.8, 4) is 0 Å². The lowest BCUT2D eigenvalue weighted by atomic mass is 9.90. The molecule has 0 aliphatic carbocycles. The van der Waals surface area contributed by atoms with Gasteiger partial charge in [0.1, 0.15) is 7.11 Å². The molecule has 1 aliphatic heterocycles. The Morgan fingerprint density at radius 3 is 2.08 bits per heavy atom. The first kappa shape index (κ1) is 31.5. The lowest BCUT2D eigenvalue weighted by Crippen LogP contribution is -2.45. The van der Waals surface area contributed by atoms with Crippen molar-refractivity contribution in [1.29, 1.82) is 0 Å². The zero-order chi connectivity index (χ0) is 28.8. The van der Waals surface area contributed by atoms with Gasteiger partial charge in [-0.05, 0) is 61.5 Å². The largest absolute Gasteiger partial charge is 0.416 e. The number of halogens is 8. The number of oxime groups is 1. The Morgan fingerprint density at radius 1 is 0.923 bits per heavy atom. The fourth-order valence-corrected chi connectivity index (χ4v) is 4.63. The molecule has 1 saturated heterocycles. The number of likely N-dealkylation sites (N-methyl/N-ethyl adjacent to an activating group) is 1. The Bertz CT molecular complexity index is 1100. The molecule has 0 aromatic heterocycles. The van der Waals surface area contributed by atoms with E-state index in [1.165, 1.54) is 7.11 Å². The van der Waals surface area contributed by atoms with Crippen LogP contribution in [0, 0.1) is 0 Å². The maximum absolute atomic E-state index is 13.2. The van der Waals surface area contributed by atoms with Gasteiger partial charge in [0.25, 0.3) is 0 Å². The van der Waals surface area contributed by atoms with Gasteiger partial charge in [-0.25, -0.2) is 0 Å². The average molecular weight is 600 g/mol. The molecule has 0 spiro atoms. The molecule has 39 heavy (non-hydrogen) atoms. The van der Waals surface area contributed by atoms with Crippen molar-refractivity contribution >= 4 is 28.9 Å². The van der Waals surface area contributed by atoms with Crippen molar-refractivity contribution < 1.29 is 35.9 Å². The molecule has 1 aliphatic rings. The minimum atomic E-state index is -4.94. The zero-order valence-electron chi connectivity index (χ0n) is 21.4. The first-order valence-electron chi connectivity index (χ1n) is 12.1. The van der Waals surface area contributed by atoms with E-state index in [1.807, 2.05) is 0 Å². The van der Waals surface area contributed by atoms with Gasteiger partial charge in [0.15, 0.2) is 0 Å². The lowest BCUT2D eigenvalue weighted by molar-refractivity contribution is -0.143. The van der Waals surface area contributed by atoms with Crippen molar-refractivity contribution in [2.45, 2.75) is 31.3 Å². The van der Waals surface area contributed by atoms with Crippen LogP contribution in [-0.2, 0) is 28.5 Å². The van der Waals surface area contributed by atoms with E-state index in [4.69, 9.17) is 32.8 Å². The summed E-state index contributed by atoms with van der Waals surface area (Å²) < 4.78 is 85.0. The summed E-state index contributed by atoms with van der Waals surface area (Å²) in [7, 11) is 3.40. The van der Waals surface area contributed by atoms with Crippen LogP contribution in [0.5, 0.6) is 0 Å². The van der Waals surface area contributed by atoms with E-state index in [0.717, 1.165) is 31.7 Å². The second-order valence-corrected chi connectivity index (χ2v) is 10.1. The monoisotopic (exact) mass is 599 g/mol. The van der Waals surface area contributed by atoms with Gasteiger partial charge < -0.3 is 19.4 Å². The molecular formula is C26H29Cl2F6N3O2. The number of ether oxygens (including phenoxy) is 1. The number of hydrogen-bond donors (Lipinski definition) is 0. The van der Waals surface area contributed by atoms with E-state index < -0.39 is 30.1 Å². The maximum Gasteiger partial charge on any atom is 0.416 e. The van der Waals surface area contributed by atoms with Crippen molar-refractivity contribution in [3.05, 3.63) is 68.7 Å². The van der Waals surface area contributed by atoms with Crippen molar-refractivity contribution in [1.82, 2.24) is 9.80 Å². The quantitative estimate of drug-likeness (QED) is 0.168. The van der Waals surface area contributed by atoms with Crippen LogP contribution < -0.4 is 0 Å². The highest BCUT2D eigenvalue weighted by Gasteiger charge is 2.37. The Balaban J connectivity index is 1.80. The van der Waals surface area contributed by atoms with E-state index in [-0.39, 0.29) is 24.2 Å². The average Bonchev–Trinajstić information content (AvgIpc) is 2.86. The van der Waals surface area contributed by atoms with E-state index >= 15 is 0 Å². The van der Waals surface area contributed by atoms with Crippen LogP contribution in [-0.4, -0.2) is 69.0 Å². The predicted octanol–water partition coefficient (Wildman–Crippen LogP) is 6.97. The fraction of sp³-hybridized carbons (Fsp3) is 0.500. The zero-order valence-corrected chi connectivity index (χ0v) is 22.9. The number of rotatable bonds is 10. The molecule has 0 N–H and O–H groups in total. The molecular weight excluding hydrogens is 571 g/mol. The summed E-state index contributed by atoms with van der Waals surface area (Å²) in [6.07, 6.45) is -9.29. The number of benzene rings is 2. The lowest BCUT2D eigenvalue weighted by Gasteiger charge is -2.33. The molecule has 3 rings (SSSR count). The molecule has 2 aromatic carbocycles. The highest BCUT2D eigenvalue weighted by Crippen LogP contribution is 2.36. The van der Waals surface area contributed by atoms with Crippen LogP contribution in [0.2, 0.25) is 10.0 Å². The van der Waals surface area contributed by atoms with E-state index in [1.54, 1.807) is 18.2 Å². The topological polar surface area (TPSA) is 37.3 Å². The normalized spacial score (nSPS) is 16.9. The molecule has 0 amide bonds. The van der Waals surface area contributed by atoms with E-state index in [2.05, 4.69) is 22.0 Å². The van der Waals surface area contributed by atoms with Crippen LogP contribution >= 0.6 is 23.2 Å². The summed E-state index contributed by atoms with van der Waals surface area (Å²) in [6, 6.07) is 6.51. The molecule has 1 unspecified atom stereocenters. The van der Waals surface area contributed by atoms with E-state index in [0.29, 0.717) is 40.9 Å². The Labute approximate surface area is 233 Å². The van der Waals surface area contributed by atoms with Gasteiger partial charge >= 0.3 is 12.4 Å². The van der Waals surface area contributed by atoms with Gasteiger partial charge in [0, 0.05) is 32.1 Å². The number of hydrogen-bond acceptors (Lipinski definition) is 5. The number of piperazine rings is 1. The summed E-state index contributed by atoms with van der Waals surface area (Å²) in [5, 5.41) is 4.80. The first-order chi connectivity index (χ1) is 18.3. The smallest absolute Gasteiger partial charge is 0.399 e. The van der Waals surface area contributed by atoms with Crippen molar-refractivity contribution in [3.63, 3.8) is 0 Å². The predicted molar refractivity (Wildman–Crippen MR) is 138 cm³/mol. The molecule has 0 saturated carbocycles. The van der Waals surface area contributed by atoms with Crippen molar-refractivity contribution in [2.75, 3.05) is 53.5 Å². The molecule has 216 valence electrons. The molecule has 1 heterocycles. The van der Waals surface area contributed by atoms with Crippen LogP contribution in [0.25, 0.3) is 0 Å². The summed E-state index contributed by atoms with van der Waals surface area (Å²) >= 11 is 12.4. The van der Waals surface area contributed by atoms with Gasteiger partial charge in [-0.2, -0.15) is 26.3 Å². The first-order valence-corrected chi connectivity index (χ1v) is 12.9. The van der Waals surface area contributed by atoms with Crippen molar-refractivity contribution in [2.24, 2.45) is 5.16 Å². The number of nitrogens with zero attached hydrogens (tertiary/aromatic N) is 3. The highest BCUT2D eigenvalue weighted by atomic mass is 35.5. The third-order valence-corrected chi connectivity index (χ3v) is 7.19. The number of alkyl halides is 6.